The Balaban J connectivity index is 1.82. The van der Waals surface area contributed by atoms with Gasteiger partial charge in [-0.05, 0) is 48.6 Å². The number of halogens is 1. The van der Waals surface area contributed by atoms with Gasteiger partial charge in [0.2, 0.25) is 5.91 Å². The van der Waals surface area contributed by atoms with Crippen molar-refractivity contribution in [3.8, 4) is 5.75 Å². The Kier molecular flexibility index (Phi) is 4.63. The molecule has 2 aliphatic heterocycles. The largest absolute Gasteiger partial charge is 0.495 e. The molecule has 4 nitrogen and oxygen atoms in total. The third-order valence-corrected chi connectivity index (χ3v) is 5.70. The molecule has 2 heterocycles. The molecule has 136 valence electrons. The number of hydrogen-bond donors (Lipinski definition) is 0. The van der Waals surface area contributed by atoms with Crippen LogP contribution in [0.1, 0.15) is 37.1 Å². The summed E-state index contributed by atoms with van der Waals surface area (Å²) in [5.41, 5.74) is 3.16. The number of rotatable bonds is 4. The summed E-state index contributed by atoms with van der Waals surface area (Å²) in [6.07, 6.45) is 2.85. The van der Waals surface area contributed by atoms with Gasteiger partial charge in [0.05, 0.1) is 18.8 Å². The van der Waals surface area contributed by atoms with Gasteiger partial charge in [-0.15, -0.1) is 0 Å². The number of ether oxygens (including phenoxy) is 1. The fourth-order valence-corrected chi connectivity index (χ4v) is 4.31. The first-order valence-corrected chi connectivity index (χ1v) is 9.53. The molecule has 0 N–H and O–H groups in total. The van der Waals surface area contributed by atoms with Crippen molar-refractivity contribution in [1.82, 2.24) is 4.90 Å². The summed E-state index contributed by atoms with van der Waals surface area (Å²) in [7, 11) is 1.62. The maximum Gasteiger partial charge on any atom is 0.246 e. The van der Waals surface area contributed by atoms with Crippen LogP contribution in [0.5, 0.6) is 5.75 Å². The third kappa shape index (κ3) is 2.78. The van der Waals surface area contributed by atoms with E-state index in [0.717, 1.165) is 37.1 Å². The van der Waals surface area contributed by atoms with Crippen LogP contribution in [-0.2, 0) is 11.2 Å². The van der Waals surface area contributed by atoms with Gasteiger partial charge in [-0.3, -0.25) is 14.6 Å². The monoisotopic (exact) mass is 370 g/mol. The van der Waals surface area contributed by atoms with E-state index in [1.54, 1.807) is 13.2 Å². The first-order valence-electron chi connectivity index (χ1n) is 9.15. The van der Waals surface area contributed by atoms with Crippen LogP contribution in [0.3, 0.4) is 0 Å². The lowest BCUT2D eigenvalue weighted by Gasteiger charge is -2.30. The van der Waals surface area contributed by atoms with E-state index >= 15 is 0 Å². The zero-order chi connectivity index (χ0) is 18.3. The lowest BCUT2D eigenvalue weighted by atomic mass is 10.1. The molecule has 0 aliphatic carbocycles. The van der Waals surface area contributed by atoms with Crippen LogP contribution in [0.4, 0.5) is 5.69 Å². The number of aryl methyl sites for hydroxylation is 1. The van der Waals surface area contributed by atoms with E-state index in [1.807, 2.05) is 17.0 Å². The van der Waals surface area contributed by atoms with Crippen molar-refractivity contribution in [1.29, 1.82) is 0 Å². The molecule has 0 bridgehead atoms. The van der Waals surface area contributed by atoms with Gasteiger partial charge >= 0.3 is 0 Å². The van der Waals surface area contributed by atoms with Crippen molar-refractivity contribution in [3.05, 3.63) is 58.6 Å². The molecule has 2 aliphatic rings. The van der Waals surface area contributed by atoms with E-state index in [0.29, 0.717) is 10.8 Å². The molecule has 2 atom stereocenters. The zero-order valence-corrected chi connectivity index (χ0v) is 15.9. The van der Waals surface area contributed by atoms with Gasteiger partial charge in [-0.2, -0.15) is 0 Å². The Labute approximate surface area is 159 Å². The number of nitrogens with zero attached hydrogens (tertiary/aromatic N) is 2. The highest BCUT2D eigenvalue weighted by molar-refractivity contribution is 6.31. The van der Waals surface area contributed by atoms with E-state index in [9.17, 15) is 4.79 Å². The summed E-state index contributed by atoms with van der Waals surface area (Å²) in [6.45, 7) is 3.07. The SMILES string of the molecule is CCc1ccc(C2N(c3cc(Cl)ccc3OC)C(=O)C3CCCN32)cc1. The highest BCUT2D eigenvalue weighted by Crippen LogP contribution is 2.45. The van der Waals surface area contributed by atoms with Crippen LogP contribution in [-0.4, -0.2) is 30.5 Å². The predicted molar refractivity (Wildman–Crippen MR) is 104 cm³/mol. The first kappa shape index (κ1) is 17.4. The molecule has 2 aromatic carbocycles. The highest BCUT2D eigenvalue weighted by atomic mass is 35.5. The summed E-state index contributed by atoms with van der Waals surface area (Å²) >= 11 is 6.25. The van der Waals surface area contributed by atoms with Crippen molar-refractivity contribution in [2.24, 2.45) is 0 Å². The van der Waals surface area contributed by atoms with Gasteiger partial charge in [-0.1, -0.05) is 42.8 Å². The van der Waals surface area contributed by atoms with Crippen LogP contribution >= 0.6 is 11.6 Å². The Morgan fingerprint density at radius 3 is 2.65 bits per heavy atom. The quantitative estimate of drug-likeness (QED) is 0.798. The minimum Gasteiger partial charge on any atom is -0.495 e. The molecule has 2 fully saturated rings. The standard InChI is InChI=1S/C21H23ClN2O2/c1-3-14-6-8-15(9-7-14)20-23-12-4-5-17(23)21(25)24(20)18-13-16(22)10-11-19(18)26-2/h6-11,13,17,20H,3-5,12H2,1-2H3. The van der Waals surface area contributed by atoms with Gasteiger partial charge in [0.25, 0.3) is 0 Å². The smallest absolute Gasteiger partial charge is 0.246 e. The summed E-state index contributed by atoms with van der Waals surface area (Å²) in [6, 6.07) is 14.0. The van der Waals surface area contributed by atoms with Crippen molar-refractivity contribution in [2.45, 2.75) is 38.4 Å². The molecule has 2 saturated heterocycles. The lowest BCUT2D eigenvalue weighted by molar-refractivity contribution is -0.119. The second kappa shape index (κ2) is 6.93. The molecule has 26 heavy (non-hydrogen) atoms. The maximum absolute atomic E-state index is 13.3. The minimum absolute atomic E-state index is 0.0606. The zero-order valence-electron chi connectivity index (χ0n) is 15.1. The lowest BCUT2D eigenvalue weighted by Crippen LogP contribution is -2.32. The van der Waals surface area contributed by atoms with E-state index in [-0.39, 0.29) is 18.1 Å². The normalized spacial score (nSPS) is 22.7. The number of methoxy groups -OCH3 is 1. The summed E-state index contributed by atoms with van der Waals surface area (Å²) in [5, 5.41) is 0.598. The molecular formula is C21H23ClN2O2. The number of fused-ring (bicyclic) bond motifs is 1. The van der Waals surface area contributed by atoms with Crippen molar-refractivity contribution < 1.29 is 9.53 Å². The van der Waals surface area contributed by atoms with Crippen LogP contribution in [0.15, 0.2) is 42.5 Å². The van der Waals surface area contributed by atoms with E-state index in [2.05, 4.69) is 36.1 Å². The molecule has 2 unspecified atom stereocenters. The minimum atomic E-state index is -0.117. The van der Waals surface area contributed by atoms with Crippen LogP contribution in [0.25, 0.3) is 0 Å². The Bertz CT molecular complexity index is 821. The molecule has 0 radical (unpaired) electrons. The van der Waals surface area contributed by atoms with Gasteiger partial charge in [-0.25, -0.2) is 0 Å². The highest BCUT2D eigenvalue weighted by Gasteiger charge is 2.50. The number of hydrogen-bond acceptors (Lipinski definition) is 3. The Morgan fingerprint density at radius 2 is 1.96 bits per heavy atom. The fourth-order valence-electron chi connectivity index (χ4n) is 4.14. The van der Waals surface area contributed by atoms with Gasteiger partial charge in [0.15, 0.2) is 0 Å². The molecule has 0 saturated carbocycles. The molecule has 0 spiro atoms. The first-order chi connectivity index (χ1) is 12.6. The second-order valence-corrected chi connectivity index (χ2v) is 7.33. The number of carbonyl (C=O) groups is 1. The summed E-state index contributed by atoms with van der Waals surface area (Å²) in [5.74, 6) is 0.798. The molecule has 0 aromatic heterocycles. The number of carbonyl (C=O) groups excluding carboxylic acids is 1. The maximum atomic E-state index is 13.3. The predicted octanol–water partition coefficient (Wildman–Crippen LogP) is 4.42. The molecule has 4 rings (SSSR count). The van der Waals surface area contributed by atoms with Crippen molar-refractivity contribution >= 4 is 23.2 Å². The van der Waals surface area contributed by atoms with Crippen LogP contribution in [0.2, 0.25) is 5.02 Å². The van der Waals surface area contributed by atoms with E-state index in [4.69, 9.17) is 16.3 Å². The third-order valence-electron chi connectivity index (χ3n) is 5.46. The number of benzene rings is 2. The second-order valence-electron chi connectivity index (χ2n) is 6.89. The average molecular weight is 371 g/mol. The molecule has 1 amide bonds. The van der Waals surface area contributed by atoms with Gasteiger partial charge < -0.3 is 4.74 Å². The van der Waals surface area contributed by atoms with E-state index < -0.39 is 0 Å². The number of amides is 1. The van der Waals surface area contributed by atoms with E-state index in [1.165, 1.54) is 5.56 Å². The fraction of sp³-hybridized carbons (Fsp3) is 0.381. The Hall–Kier alpha value is -2.04. The summed E-state index contributed by atoms with van der Waals surface area (Å²) < 4.78 is 5.53. The van der Waals surface area contributed by atoms with Crippen LogP contribution in [0, 0.1) is 0 Å². The molecule has 2 aromatic rings. The van der Waals surface area contributed by atoms with Gasteiger partial charge in [0.1, 0.15) is 11.9 Å². The van der Waals surface area contributed by atoms with Crippen molar-refractivity contribution in [2.75, 3.05) is 18.6 Å². The molecular weight excluding hydrogens is 348 g/mol. The number of anilines is 1. The Morgan fingerprint density at radius 1 is 1.19 bits per heavy atom. The molecule has 5 heteroatoms. The average Bonchev–Trinajstić information content (AvgIpc) is 3.24. The summed E-state index contributed by atoms with van der Waals surface area (Å²) in [4.78, 5) is 17.4. The van der Waals surface area contributed by atoms with Crippen molar-refractivity contribution in [3.63, 3.8) is 0 Å². The van der Waals surface area contributed by atoms with Gasteiger partial charge in [0, 0.05) is 11.6 Å². The topological polar surface area (TPSA) is 32.8 Å². The van der Waals surface area contributed by atoms with Crippen LogP contribution < -0.4 is 9.64 Å².